The highest BCUT2D eigenvalue weighted by atomic mass is 35.5. The molecular formula is C16H14ClFN2O3S. The molecule has 1 N–H and O–H groups in total. The molecule has 1 saturated heterocycles. The molecule has 8 heteroatoms. The van der Waals surface area contributed by atoms with Crippen molar-refractivity contribution in [3.05, 3.63) is 53.3 Å². The van der Waals surface area contributed by atoms with Crippen molar-refractivity contribution in [2.75, 3.05) is 16.2 Å². The summed E-state index contributed by atoms with van der Waals surface area (Å²) >= 11 is 5.63. The van der Waals surface area contributed by atoms with Crippen molar-refractivity contribution in [2.45, 2.75) is 17.7 Å². The normalized spacial score (nSPS) is 14.9. The molecule has 0 spiro atoms. The van der Waals surface area contributed by atoms with Crippen LogP contribution in [-0.2, 0) is 14.8 Å². The van der Waals surface area contributed by atoms with Gasteiger partial charge in [0.2, 0.25) is 5.91 Å². The first kappa shape index (κ1) is 16.7. The van der Waals surface area contributed by atoms with Gasteiger partial charge < -0.3 is 4.90 Å². The van der Waals surface area contributed by atoms with E-state index < -0.39 is 20.7 Å². The Labute approximate surface area is 144 Å². The van der Waals surface area contributed by atoms with Crippen LogP contribution in [0.25, 0.3) is 0 Å². The van der Waals surface area contributed by atoms with Gasteiger partial charge in [-0.05, 0) is 48.9 Å². The molecule has 1 fully saturated rings. The molecule has 126 valence electrons. The second-order valence-electron chi connectivity index (χ2n) is 5.38. The van der Waals surface area contributed by atoms with Crippen LogP contribution in [0.2, 0.25) is 5.02 Å². The summed E-state index contributed by atoms with van der Waals surface area (Å²) in [7, 11) is -4.07. The number of carbonyl (C=O) groups excluding carboxylic acids is 1. The smallest absolute Gasteiger partial charge is 0.264 e. The van der Waals surface area contributed by atoms with Crippen molar-refractivity contribution in [1.29, 1.82) is 0 Å². The molecular weight excluding hydrogens is 355 g/mol. The molecule has 0 aromatic heterocycles. The molecule has 24 heavy (non-hydrogen) atoms. The van der Waals surface area contributed by atoms with Crippen molar-refractivity contribution < 1.29 is 17.6 Å². The van der Waals surface area contributed by atoms with E-state index in [-0.39, 0.29) is 16.6 Å². The number of halogens is 2. The highest BCUT2D eigenvalue weighted by Crippen LogP contribution is 2.25. The van der Waals surface area contributed by atoms with Crippen molar-refractivity contribution in [2.24, 2.45) is 0 Å². The molecule has 0 atom stereocenters. The van der Waals surface area contributed by atoms with Gasteiger partial charge in [0.25, 0.3) is 10.0 Å². The van der Waals surface area contributed by atoms with Gasteiger partial charge in [-0.1, -0.05) is 11.6 Å². The number of hydrogen-bond acceptors (Lipinski definition) is 3. The van der Waals surface area contributed by atoms with Crippen molar-refractivity contribution in [3.63, 3.8) is 0 Å². The Morgan fingerprint density at radius 3 is 2.42 bits per heavy atom. The van der Waals surface area contributed by atoms with Crippen molar-refractivity contribution >= 4 is 38.9 Å². The van der Waals surface area contributed by atoms with E-state index in [1.54, 1.807) is 17.0 Å². The van der Waals surface area contributed by atoms with Gasteiger partial charge in [0.05, 0.1) is 0 Å². The maximum atomic E-state index is 13.8. The van der Waals surface area contributed by atoms with E-state index in [0.29, 0.717) is 18.7 Å². The van der Waals surface area contributed by atoms with Gasteiger partial charge in [-0.25, -0.2) is 12.8 Å². The van der Waals surface area contributed by atoms with E-state index in [2.05, 4.69) is 4.72 Å². The van der Waals surface area contributed by atoms with Crippen molar-refractivity contribution in [3.8, 4) is 0 Å². The second kappa shape index (κ2) is 6.41. The van der Waals surface area contributed by atoms with E-state index in [4.69, 9.17) is 11.6 Å². The molecule has 3 rings (SSSR count). The number of anilines is 2. The third-order valence-electron chi connectivity index (χ3n) is 3.69. The number of carbonyl (C=O) groups is 1. The minimum absolute atomic E-state index is 0.0477. The highest BCUT2D eigenvalue weighted by molar-refractivity contribution is 7.92. The standard InChI is InChI=1S/C16H14ClFN2O3S/c17-11-3-8-15(14(18)10-11)24(22,23)19-12-4-6-13(7-5-12)20-9-1-2-16(20)21/h3-8,10,19H,1-2,9H2. The largest absolute Gasteiger partial charge is 0.312 e. The molecule has 0 saturated carbocycles. The van der Waals surface area contributed by atoms with E-state index in [1.165, 1.54) is 18.2 Å². The van der Waals surface area contributed by atoms with E-state index >= 15 is 0 Å². The van der Waals surface area contributed by atoms with Gasteiger partial charge in [0, 0.05) is 29.4 Å². The SMILES string of the molecule is O=C1CCCN1c1ccc(NS(=O)(=O)c2ccc(Cl)cc2F)cc1. The van der Waals surface area contributed by atoms with Crippen LogP contribution in [-0.4, -0.2) is 20.9 Å². The van der Waals surface area contributed by atoms with Crippen LogP contribution < -0.4 is 9.62 Å². The minimum atomic E-state index is -4.07. The fraction of sp³-hybridized carbons (Fsp3) is 0.188. The summed E-state index contributed by atoms with van der Waals surface area (Å²) in [6.07, 6.45) is 1.33. The van der Waals surface area contributed by atoms with Gasteiger partial charge >= 0.3 is 0 Å². The summed E-state index contributed by atoms with van der Waals surface area (Å²) < 4.78 is 40.7. The zero-order chi connectivity index (χ0) is 17.3. The van der Waals surface area contributed by atoms with Crippen molar-refractivity contribution in [1.82, 2.24) is 0 Å². The van der Waals surface area contributed by atoms with Crippen LogP contribution in [0.5, 0.6) is 0 Å². The maximum Gasteiger partial charge on any atom is 0.264 e. The van der Waals surface area contributed by atoms with E-state index in [9.17, 15) is 17.6 Å². The first-order valence-corrected chi connectivity index (χ1v) is 9.11. The Bertz CT molecular complexity index is 885. The average Bonchev–Trinajstić information content (AvgIpc) is 2.93. The molecule has 2 aromatic rings. The Kier molecular flexibility index (Phi) is 4.47. The Balaban J connectivity index is 1.81. The minimum Gasteiger partial charge on any atom is -0.312 e. The lowest BCUT2D eigenvalue weighted by molar-refractivity contribution is -0.117. The summed E-state index contributed by atoms with van der Waals surface area (Å²) in [4.78, 5) is 12.9. The van der Waals surface area contributed by atoms with E-state index in [1.807, 2.05) is 0 Å². The molecule has 2 aromatic carbocycles. The number of benzene rings is 2. The molecule has 1 aliphatic heterocycles. The monoisotopic (exact) mass is 368 g/mol. The Morgan fingerprint density at radius 2 is 1.83 bits per heavy atom. The number of sulfonamides is 1. The molecule has 1 aliphatic rings. The molecule has 5 nitrogen and oxygen atoms in total. The number of hydrogen-bond donors (Lipinski definition) is 1. The summed E-state index contributed by atoms with van der Waals surface area (Å²) in [5, 5.41) is 0.117. The fourth-order valence-corrected chi connectivity index (χ4v) is 3.81. The summed E-state index contributed by atoms with van der Waals surface area (Å²) in [6.45, 7) is 0.653. The summed E-state index contributed by atoms with van der Waals surface area (Å²) in [5.41, 5.74) is 0.984. The predicted molar refractivity (Wildman–Crippen MR) is 90.2 cm³/mol. The summed E-state index contributed by atoms with van der Waals surface area (Å²) in [5.74, 6) is -0.874. The maximum absolute atomic E-state index is 13.8. The summed E-state index contributed by atoms with van der Waals surface area (Å²) in [6, 6.07) is 9.73. The zero-order valence-electron chi connectivity index (χ0n) is 12.5. The first-order valence-electron chi connectivity index (χ1n) is 7.25. The van der Waals surface area contributed by atoms with Gasteiger partial charge in [-0.15, -0.1) is 0 Å². The number of amides is 1. The van der Waals surface area contributed by atoms with Crippen LogP contribution in [0.1, 0.15) is 12.8 Å². The van der Waals surface area contributed by atoms with E-state index in [0.717, 1.165) is 18.6 Å². The second-order valence-corrected chi connectivity index (χ2v) is 7.46. The Morgan fingerprint density at radius 1 is 1.12 bits per heavy atom. The van der Waals surface area contributed by atoms with Gasteiger partial charge in [-0.3, -0.25) is 9.52 Å². The average molecular weight is 369 g/mol. The molecule has 0 radical (unpaired) electrons. The zero-order valence-corrected chi connectivity index (χ0v) is 14.1. The fourth-order valence-electron chi connectivity index (χ4n) is 2.53. The molecule has 0 bridgehead atoms. The number of nitrogens with one attached hydrogen (secondary N) is 1. The lowest BCUT2D eigenvalue weighted by Gasteiger charge is -2.16. The topological polar surface area (TPSA) is 66.5 Å². The van der Waals surface area contributed by atoms with Crippen LogP contribution in [0, 0.1) is 5.82 Å². The van der Waals surface area contributed by atoms with Crippen LogP contribution in [0.3, 0.4) is 0 Å². The third kappa shape index (κ3) is 3.37. The van der Waals surface area contributed by atoms with Crippen LogP contribution >= 0.6 is 11.6 Å². The molecule has 0 aliphatic carbocycles. The van der Waals surface area contributed by atoms with Crippen LogP contribution in [0.15, 0.2) is 47.4 Å². The van der Waals surface area contributed by atoms with Gasteiger partial charge in [-0.2, -0.15) is 0 Å². The number of rotatable bonds is 4. The van der Waals surface area contributed by atoms with Crippen LogP contribution in [0.4, 0.5) is 15.8 Å². The molecule has 0 unspecified atom stereocenters. The molecule has 1 amide bonds. The quantitative estimate of drug-likeness (QED) is 0.899. The predicted octanol–water partition coefficient (Wildman–Crippen LogP) is 3.41. The first-order chi connectivity index (χ1) is 11.4. The lowest BCUT2D eigenvalue weighted by Crippen LogP contribution is -2.23. The molecule has 1 heterocycles. The van der Waals surface area contributed by atoms with Gasteiger partial charge in [0.1, 0.15) is 10.7 Å². The third-order valence-corrected chi connectivity index (χ3v) is 5.34. The Hall–Kier alpha value is -2.12. The van der Waals surface area contributed by atoms with Gasteiger partial charge in [0.15, 0.2) is 0 Å². The lowest BCUT2D eigenvalue weighted by atomic mass is 10.2. The highest BCUT2D eigenvalue weighted by Gasteiger charge is 2.22. The number of nitrogens with zero attached hydrogens (tertiary/aromatic N) is 1.